The lowest BCUT2D eigenvalue weighted by molar-refractivity contribution is 0.378. The quantitative estimate of drug-likeness (QED) is 0.730. The molecule has 1 aromatic heterocycles. The van der Waals surface area contributed by atoms with E-state index in [1.807, 2.05) is 6.33 Å². The van der Waals surface area contributed by atoms with Gasteiger partial charge in [0.05, 0.1) is 12.0 Å². The molecular weight excluding hydrogens is 224 g/mol. The van der Waals surface area contributed by atoms with Crippen LogP contribution in [0.1, 0.15) is 31.4 Å². The van der Waals surface area contributed by atoms with Crippen LogP contribution in [0.3, 0.4) is 0 Å². The third-order valence-electron chi connectivity index (χ3n) is 4.22. The van der Waals surface area contributed by atoms with Gasteiger partial charge in [-0.2, -0.15) is 0 Å². The molecule has 2 aliphatic carbocycles. The van der Waals surface area contributed by atoms with Crippen LogP contribution in [0.4, 0.5) is 0 Å². The monoisotopic (exact) mass is 248 g/mol. The van der Waals surface area contributed by atoms with Crippen LogP contribution in [0, 0.1) is 17.8 Å². The summed E-state index contributed by atoms with van der Waals surface area (Å²) in [6.07, 6.45) is 9.84. The minimum Gasteiger partial charge on any atom is -0.336 e. The molecule has 0 unspecified atom stereocenters. The third-order valence-corrected chi connectivity index (χ3v) is 4.22. The summed E-state index contributed by atoms with van der Waals surface area (Å²) in [5, 5.41) is 3.59. The summed E-state index contributed by atoms with van der Waals surface area (Å²) in [5.41, 5.74) is 6.66. The van der Waals surface area contributed by atoms with Crippen molar-refractivity contribution in [3.05, 3.63) is 18.2 Å². The zero-order valence-electron chi connectivity index (χ0n) is 11.0. The van der Waals surface area contributed by atoms with E-state index >= 15 is 0 Å². The molecule has 0 spiro atoms. The molecule has 4 nitrogen and oxygen atoms in total. The molecule has 0 saturated heterocycles. The first kappa shape index (κ1) is 12.2. The van der Waals surface area contributed by atoms with Gasteiger partial charge in [0.25, 0.3) is 0 Å². The first-order valence-electron chi connectivity index (χ1n) is 7.28. The Balaban J connectivity index is 1.42. The number of imidazole rings is 1. The van der Waals surface area contributed by atoms with Crippen LogP contribution >= 0.6 is 0 Å². The number of nitrogens with two attached hydrogens (primary N) is 1. The summed E-state index contributed by atoms with van der Waals surface area (Å²) in [6, 6.07) is 0. The van der Waals surface area contributed by atoms with E-state index in [1.54, 1.807) is 0 Å². The predicted molar refractivity (Wildman–Crippen MR) is 71.9 cm³/mol. The van der Waals surface area contributed by atoms with Crippen LogP contribution in [0.5, 0.6) is 0 Å². The minimum atomic E-state index is 0.675. The Morgan fingerprint density at radius 1 is 1.33 bits per heavy atom. The molecule has 0 radical (unpaired) electrons. The van der Waals surface area contributed by atoms with Crippen molar-refractivity contribution in [3.8, 4) is 0 Å². The van der Waals surface area contributed by atoms with Crippen LogP contribution in [0.2, 0.25) is 0 Å². The highest BCUT2D eigenvalue weighted by Crippen LogP contribution is 2.48. The molecule has 18 heavy (non-hydrogen) atoms. The molecule has 2 saturated carbocycles. The number of hydrogen-bond donors (Lipinski definition) is 2. The molecular formula is C14H24N4. The lowest BCUT2D eigenvalue weighted by Crippen LogP contribution is -2.25. The molecule has 1 aromatic rings. The van der Waals surface area contributed by atoms with Gasteiger partial charge in [0.1, 0.15) is 0 Å². The summed E-state index contributed by atoms with van der Waals surface area (Å²) in [5.74, 6) is 3.00. The van der Waals surface area contributed by atoms with Crippen LogP contribution < -0.4 is 11.1 Å². The van der Waals surface area contributed by atoms with Crippen LogP contribution in [-0.2, 0) is 13.1 Å². The highest BCUT2D eigenvalue weighted by Gasteiger charge is 2.40. The van der Waals surface area contributed by atoms with Crippen molar-refractivity contribution in [1.29, 1.82) is 0 Å². The third kappa shape index (κ3) is 3.12. The molecule has 0 atom stereocenters. The fraction of sp³-hybridized carbons (Fsp3) is 0.786. The standard InChI is InChI=1S/C14H24N4/c15-5-6-18-9-13(17-10-18)7-16-8-14(11-1-2-11)12-3-4-12/h9-12,14,16H,1-8,15H2. The zero-order valence-corrected chi connectivity index (χ0v) is 11.0. The van der Waals surface area contributed by atoms with Crippen molar-refractivity contribution in [2.45, 2.75) is 38.8 Å². The maximum absolute atomic E-state index is 5.53. The highest BCUT2D eigenvalue weighted by atomic mass is 15.1. The van der Waals surface area contributed by atoms with E-state index in [0.29, 0.717) is 6.54 Å². The van der Waals surface area contributed by atoms with E-state index in [2.05, 4.69) is 21.1 Å². The molecule has 0 amide bonds. The van der Waals surface area contributed by atoms with Crippen LogP contribution in [-0.4, -0.2) is 22.6 Å². The van der Waals surface area contributed by atoms with Crippen molar-refractivity contribution in [1.82, 2.24) is 14.9 Å². The van der Waals surface area contributed by atoms with Gasteiger partial charge < -0.3 is 15.6 Å². The van der Waals surface area contributed by atoms with Gasteiger partial charge in [-0.3, -0.25) is 0 Å². The topological polar surface area (TPSA) is 55.9 Å². The van der Waals surface area contributed by atoms with Gasteiger partial charge in [-0.15, -0.1) is 0 Å². The Morgan fingerprint density at radius 2 is 2.06 bits per heavy atom. The molecule has 4 heteroatoms. The van der Waals surface area contributed by atoms with Gasteiger partial charge >= 0.3 is 0 Å². The van der Waals surface area contributed by atoms with E-state index in [9.17, 15) is 0 Å². The van der Waals surface area contributed by atoms with Gasteiger partial charge in [0, 0.05) is 25.8 Å². The van der Waals surface area contributed by atoms with E-state index in [0.717, 1.165) is 36.5 Å². The fourth-order valence-corrected chi connectivity index (χ4v) is 2.90. The normalized spacial score (nSPS) is 19.7. The minimum absolute atomic E-state index is 0.675. The molecule has 2 fully saturated rings. The molecule has 2 aliphatic rings. The van der Waals surface area contributed by atoms with Gasteiger partial charge in [-0.05, 0) is 50.0 Å². The second-order valence-electron chi connectivity index (χ2n) is 5.86. The Hall–Kier alpha value is -0.870. The molecule has 0 aliphatic heterocycles. The number of hydrogen-bond acceptors (Lipinski definition) is 3. The van der Waals surface area contributed by atoms with Crippen molar-refractivity contribution in [3.63, 3.8) is 0 Å². The Labute approximate surface area is 109 Å². The number of aromatic nitrogens is 2. The van der Waals surface area contributed by atoms with E-state index in [4.69, 9.17) is 5.73 Å². The van der Waals surface area contributed by atoms with E-state index in [-0.39, 0.29) is 0 Å². The van der Waals surface area contributed by atoms with Gasteiger partial charge in [0.15, 0.2) is 0 Å². The molecule has 0 bridgehead atoms. The average Bonchev–Trinajstić information content (AvgIpc) is 3.27. The molecule has 1 heterocycles. The molecule has 0 aromatic carbocycles. The maximum atomic E-state index is 5.53. The predicted octanol–water partition coefficient (Wildman–Crippen LogP) is 1.37. The second-order valence-corrected chi connectivity index (χ2v) is 5.86. The van der Waals surface area contributed by atoms with Crippen LogP contribution in [0.25, 0.3) is 0 Å². The largest absolute Gasteiger partial charge is 0.336 e. The summed E-state index contributed by atoms with van der Waals surface area (Å²) in [6.45, 7) is 3.61. The Bertz CT molecular complexity index is 367. The summed E-state index contributed by atoms with van der Waals surface area (Å²) in [4.78, 5) is 4.40. The second kappa shape index (κ2) is 5.41. The molecule has 100 valence electrons. The first-order chi connectivity index (χ1) is 8.86. The Morgan fingerprint density at radius 3 is 2.67 bits per heavy atom. The SMILES string of the molecule is NCCn1cnc(CNCC(C2CC2)C2CC2)c1. The maximum Gasteiger partial charge on any atom is 0.0950 e. The fourth-order valence-electron chi connectivity index (χ4n) is 2.90. The lowest BCUT2D eigenvalue weighted by Gasteiger charge is -2.15. The van der Waals surface area contributed by atoms with Crippen LogP contribution in [0.15, 0.2) is 12.5 Å². The van der Waals surface area contributed by atoms with Crippen molar-refractivity contribution >= 4 is 0 Å². The Kier molecular flexibility index (Phi) is 3.66. The highest BCUT2D eigenvalue weighted by molar-refractivity contribution is 4.97. The lowest BCUT2D eigenvalue weighted by atomic mass is 9.98. The summed E-state index contributed by atoms with van der Waals surface area (Å²) < 4.78 is 2.07. The average molecular weight is 248 g/mol. The summed E-state index contributed by atoms with van der Waals surface area (Å²) >= 11 is 0. The van der Waals surface area contributed by atoms with Crippen molar-refractivity contribution in [2.24, 2.45) is 23.5 Å². The smallest absolute Gasteiger partial charge is 0.0950 e. The molecule has 3 rings (SSSR count). The number of nitrogens with one attached hydrogen (secondary N) is 1. The number of rotatable bonds is 8. The van der Waals surface area contributed by atoms with Gasteiger partial charge in [0.2, 0.25) is 0 Å². The van der Waals surface area contributed by atoms with Gasteiger partial charge in [-0.1, -0.05) is 0 Å². The van der Waals surface area contributed by atoms with Gasteiger partial charge in [-0.25, -0.2) is 4.98 Å². The van der Waals surface area contributed by atoms with E-state index < -0.39 is 0 Å². The zero-order chi connectivity index (χ0) is 12.4. The summed E-state index contributed by atoms with van der Waals surface area (Å²) in [7, 11) is 0. The van der Waals surface area contributed by atoms with E-state index in [1.165, 1.54) is 32.2 Å². The van der Waals surface area contributed by atoms with Crippen molar-refractivity contribution in [2.75, 3.05) is 13.1 Å². The molecule has 3 N–H and O–H groups in total. The number of nitrogens with zero attached hydrogens (tertiary/aromatic N) is 2. The first-order valence-corrected chi connectivity index (χ1v) is 7.28. The van der Waals surface area contributed by atoms with Crippen molar-refractivity contribution < 1.29 is 0 Å².